The molecule has 0 saturated carbocycles. The Bertz CT molecular complexity index is 205. The monoisotopic (exact) mass is 169 g/mol. The largest absolute Gasteiger partial charge is 0.313 e. The number of halogens is 1. The highest BCUT2D eigenvalue weighted by atomic mass is 35.5. The lowest BCUT2D eigenvalue weighted by Gasteiger charge is -2.00. The molecule has 1 N–H and O–H groups in total. The van der Waals surface area contributed by atoms with Gasteiger partial charge in [0.1, 0.15) is 0 Å². The van der Waals surface area contributed by atoms with Gasteiger partial charge in [0.25, 0.3) is 0 Å². The van der Waals surface area contributed by atoms with Gasteiger partial charge >= 0.3 is 0 Å². The van der Waals surface area contributed by atoms with Crippen molar-refractivity contribution in [3.63, 3.8) is 0 Å². The van der Waals surface area contributed by atoms with Gasteiger partial charge in [0.05, 0.1) is 0 Å². The number of benzene rings is 1. The molecule has 0 amide bonds. The maximum absolute atomic E-state index is 5.73. The fraction of sp³-hybridized carbons (Fsp3) is 0.333. The number of rotatable bonds is 3. The Morgan fingerprint density at radius 3 is 2.45 bits per heavy atom. The van der Waals surface area contributed by atoms with E-state index in [-0.39, 0.29) is 0 Å². The molecule has 1 nitrogen and oxygen atoms in total. The minimum atomic E-state index is 0.797. The van der Waals surface area contributed by atoms with Gasteiger partial charge in [-0.2, -0.15) is 0 Å². The van der Waals surface area contributed by atoms with Crippen molar-refractivity contribution in [3.8, 4) is 0 Å². The smallest absolute Gasteiger partial charge is 0.0406 e. The Balaban J connectivity index is 2.52. The summed E-state index contributed by atoms with van der Waals surface area (Å²) in [5.74, 6) is 0. The average Bonchev–Trinajstić information content (AvgIpc) is 2.04. The van der Waals surface area contributed by atoms with Crippen LogP contribution in [-0.2, 0) is 6.54 Å². The summed E-state index contributed by atoms with van der Waals surface area (Å²) < 4.78 is 0. The summed E-state index contributed by atoms with van der Waals surface area (Å²) in [4.78, 5) is 0. The fourth-order valence-corrected chi connectivity index (χ4v) is 0.998. The summed E-state index contributed by atoms with van der Waals surface area (Å²) in [7, 11) is 0. The zero-order valence-electron chi connectivity index (χ0n) is 6.60. The van der Waals surface area contributed by atoms with E-state index < -0.39 is 0 Å². The molecule has 0 radical (unpaired) electrons. The van der Waals surface area contributed by atoms with Crippen molar-refractivity contribution < 1.29 is 0 Å². The molecule has 0 spiro atoms. The Kier molecular flexibility index (Phi) is 3.40. The summed E-state index contributed by atoms with van der Waals surface area (Å²) in [6, 6.07) is 7.89. The van der Waals surface area contributed by atoms with Crippen LogP contribution in [0, 0.1) is 0 Å². The minimum absolute atomic E-state index is 0.797. The van der Waals surface area contributed by atoms with Crippen molar-refractivity contribution in [2.75, 3.05) is 6.54 Å². The standard InChI is InChI=1S/C9H12ClN/c1-2-11-7-8-3-5-9(10)6-4-8/h3-6,11H,2,7H2,1H3. The number of hydrogen-bond donors (Lipinski definition) is 1. The lowest BCUT2D eigenvalue weighted by atomic mass is 10.2. The molecule has 1 aromatic rings. The molecule has 0 saturated heterocycles. The predicted molar refractivity (Wildman–Crippen MR) is 48.8 cm³/mol. The quantitative estimate of drug-likeness (QED) is 0.733. The summed E-state index contributed by atoms with van der Waals surface area (Å²) >= 11 is 5.73. The molecule has 11 heavy (non-hydrogen) atoms. The van der Waals surface area contributed by atoms with Gasteiger partial charge in [-0.3, -0.25) is 0 Å². The minimum Gasteiger partial charge on any atom is -0.313 e. The van der Waals surface area contributed by atoms with Crippen molar-refractivity contribution in [2.45, 2.75) is 13.5 Å². The van der Waals surface area contributed by atoms with E-state index in [0.29, 0.717) is 0 Å². The number of hydrogen-bond acceptors (Lipinski definition) is 1. The summed E-state index contributed by atoms with van der Waals surface area (Å²) in [5, 5.41) is 4.04. The highest BCUT2D eigenvalue weighted by Crippen LogP contribution is 2.08. The van der Waals surface area contributed by atoms with E-state index >= 15 is 0 Å². The SMILES string of the molecule is CCNCc1ccc(Cl)cc1. The summed E-state index contributed by atoms with van der Waals surface area (Å²) in [6.45, 7) is 4.02. The van der Waals surface area contributed by atoms with Gasteiger partial charge in [0.15, 0.2) is 0 Å². The Morgan fingerprint density at radius 2 is 1.91 bits per heavy atom. The lowest BCUT2D eigenvalue weighted by Crippen LogP contribution is -2.11. The molecule has 2 heteroatoms. The van der Waals surface area contributed by atoms with Crippen molar-refractivity contribution in [2.24, 2.45) is 0 Å². The van der Waals surface area contributed by atoms with Gasteiger partial charge in [0.2, 0.25) is 0 Å². The van der Waals surface area contributed by atoms with Crippen LogP contribution < -0.4 is 5.32 Å². The highest BCUT2D eigenvalue weighted by molar-refractivity contribution is 6.30. The molecule has 0 bridgehead atoms. The first-order chi connectivity index (χ1) is 5.33. The molecule has 0 aliphatic rings. The molecule has 0 aliphatic heterocycles. The average molecular weight is 170 g/mol. The Labute approximate surface area is 72.4 Å². The lowest BCUT2D eigenvalue weighted by molar-refractivity contribution is 0.727. The summed E-state index contributed by atoms with van der Waals surface area (Å²) in [5.41, 5.74) is 1.27. The highest BCUT2D eigenvalue weighted by Gasteiger charge is 1.89. The zero-order valence-corrected chi connectivity index (χ0v) is 7.36. The van der Waals surface area contributed by atoms with Crippen molar-refractivity contribution in [3.05, 3.63) is 34.9 Å². The van der Waals surface area contributed by atoms with Gasteiger partial charge in [-0.25, -0.2) is 0 Å². The Hall–Kier alpha value is -0.530. The molecule has 0 aliphatic carbocycles. The molecule has 1 rings (SSSR count). The topological polar surface area (TPSA) is 12.0 Å². The maximum atomic E-state index is 5.73. The second-order valence-corrected chi connectivity index (χ2v) is 2.84. The van der Waals surface area contributed by atoms with Crippen LogP contribution in [0.1, 0.15) is 12.5 Å². The molecule has 0 aromatic heterocycles. The zero-order chi connectivity index (χ0) is 8.10. The van der Waals surface area contributed by atoms with Gasteiger partial charge < -0.3 is 5.32 Å². The van der Waals surface area contributed by atoms with Gasteiger partial charge in [-0.05, 0) is 24.2 Å². The van der Waals surface area contributed by atoms with Crippen molar-refractivity contribution in [1.29, 1.82) is 0 Å². The van der Waals surface area contributed by atoms with Crippen LogP contribution in [-0.4, -0.2) is 6.54 Å². The van der Waals surface area contributed by atoms with Crippen LogP contribution >= 0.6 is 11.6 Å². The molecule has 1 aromatic carbocycles. The molecule has 0 fully saturated rings. The first kappa shape index (κ1) is 8.57. The Morgan fingerprint density at radius 1 is 1.27 bits per heavy atom. The maximum Gasteiger partial charge on any atom is 0.0406 e. The van der Waals surface area contributed by atoms with E-state index in [4.69, 9.17) is 11.6 Å². The third-order valence-electron chi connectivity index (χ3n) is 1.49. The fourth-order valence-electron chi connectivity index (χ4n) is 0.872. The molecule has 0 atom stereocenters. The van der Waals surface area contributed by atoms with Gasteiger partial charge in [0, 0.05) is 11.6 Å². The normalized spacial score (nSPS) is 10.0. The molecule has 0 heterocycles. The first-order valence-electron chi connectivity index (χ1n) is 3.78. The van der Waals surface area contributed by atoms with Crippen LogP contribution in [0.4, 0.5) is 0 Å². The van der Waals surface area contributed by atoms with Crippen LogP contribution in [0.15, 0.2) is 24.3 Å². The second kappa shape index (κ2) is 4.37. The molecular formula is C9H12ClN. The van der Waals surface area contributed by atoms with Crippen LogP contribution in [0.2, 0.25) is 5.02 Å². The molecular weight excluding hydrogens is 158 g/mol. The van der Waals surface area contributed by atoms with E-state index in [1.165, 1.54) is 5.56 Å². The second-order valence-electron chi connectivity index (χ2n) is 2.41. The summed E-state index contributed by atoms with van der Waals surface area (Å²) in [6.07, 6.45) is 0. The molecule has 0 unspecified atom stereocenters. The third kappa shape index (κ3) is 2.91. The van der Waals surface area contributed by atoms with Crippen LogP contribution in [0.3, 0.4) is 0 Å². The van der Waals surface area contributed by atoms with Crippen molar-refractivity contribution >= 4 is 11.6 Å². The van der Waals surface area contributed by atoms with E-state index in [9.17, 15) is 0 Å². The third-order valence-corrected chi connectivity index (χ3v) is 1.74. The van der Waals surface area contributed by atoms with Crippen LogP contribution in [0.25, 0.3) is 0 Å². The first-order valence-corrected chi connectivity index (χ1v) is 4.16. The predicted octanol–water partition coefficient (Wildman–Crippen LogP) is 2.45. The van der Waals surface area contributed by atoms with Gasteiger partial charge in [-0.1, -0.05) is 30.7 Å². The van der Waals surface area contributed by atoms with E-state index in [0.717, 1.165) is 18.1 Å². The van der Waals surface area contributed by atoms with Crippen LogP contribution in [0.5, 0.6) is 0 Å². The number of nitrogens with one attached hydrogen (secondary N) is 1. The van der Waals surface area contributed by atoms with Crippen molar-refractivity contribution in [1.82, 2.24) is 5.32 Å². The van der Waals surface area contributed by atoms with E-state index in [1.54, 1.807) is 0 Å². The van der Waals surface area contributed by atoms with E-state index in [1.807, 2.05) is 24.3 Å². The van der Waals surface area contributed by atoms with E-state index in [2.05, 4.69) is 12.2 Å². The molecule has 60 valence electrons. The van der Waals surface area contributed by atoms with Gasteiger partial charge in [-0.15, -0.1) is 0 Å².